The predicted molar refractivity (Wildman–Crippen MR) is 93.1 cm³/mol. The number of hydrogen-bond acceptors (Lipinski definition) is 8. The van der Waals surface area contributed by atoms with Gasteiger partial charge in [0.15, 0.2) is 5.84 Å². The van der Waals surface area contributed by atoms with Crippen molar-refractivity contribution in [1.82, 2.24) is 10.3 Å². The summed E-state index contributed by atoms with van der Waals surface area (Å²) in [6, 6.07) is 3.31. The SMILES string of the molecule is COC(=O)CC1CC(c2ccc(C(=N)NC(=O)OC(C)(C)C)nc2)=NO1. The monoisotopic (exact) mass is 362 g/mol. The summed E-state index contributed by atoms with van der Waals surface area (Å²) in [6.07, 6.45) is 1.05. The van der Waals surface area contributed by atoms with Crippen LogP contribution in [0.3, 0.4) is 0 Å². The molecule has 1 aromatic rings. The van der Waals surface area contributed by atoms with E-state index in [1.54, 1.807) is 32.9 Å². The number of aromatic nitrogens is 1. The number of rotatable bonds is 4. The van der Waals surface area contributed by atoms with E-state index in [4.69, 9.17) is 15.0 Å². The minimum absolute atomic E-state index is 0.124. The molecular weight excluding hydrogens is 340 g/mol. The molecule has 1 atom stereocenters. The molecular formula is C17H22N4O5. The number of hydrogen-bond donors (Lipinski definition) is 2. The van der Waals surface area contributed by atoms with E-state index < -0.39 is 11.7 Å². The second kappa shape index (κ2) is 7.94. The molecule has 0 aliphatic carbocycles. The van der Waals surface area contributed by atoms with Crippen molar-refractivity contribution in [2.45, 2.75) is 45.3 Å². The molecule has 0 radical (unpaired) electrons. The van der Waals surface area contributed by atoms with Crippen LogP contribution in [0.15, 0.2) is 23.5 Å². The molecule has 9 heteroatoms. The van der Waals surface area contributed by atoms with Crippen molar-refractivity contribution in [2.24, 2.45) is 5.16 Å². The third-order valence-electron chi connectivity index (χ3n) is 3.33. The van der Waals surface area contributed by atoms with E-state index in [2.05, 4.69) is 20.2 Å². The molecule has 0 bridgehead atoms. The van der Waals surface area contributed by atoms with Crippen molar-refractivity contribution >= 4 is 23.6 Å². The lowest BCUT2D eigenvalue weighted by molar-refractivity contribution is -0.143. The van der Waals surface area contributed by atoms with Crippen molar-refractivity contribution < 1.29 is 23.9 Å². The number of esters is 1. The van der Waals surface area contributed by atoms with Crippen molar-refractivity contribution in [3.8, 4) is 0 Å². The summed E-state index contributed by atoms with van der Waals surface area (Å²) in [5, 5.41) is 14.2. The smallest absolute Gasteiger partial charge is 0.413 e. The van der Waals surface area contributed by atoms with Crippen LogP contribution in [0, 0.1) is 5.41 Å². The highest BCUT2D eigenvalue weighted by atomic mass is 16.6. The fraction of sp³-hybridized carbons (Fsp3) is 0.471. The molecule has 2 N–H and O–H groups in total. The standard InChI is InChI=1S/C17H22N4O5/c1-17(2,3)25-16(23)20-15(18)12-6-5-10(9-19-12)13-7-11(26-21-13)8-14(22)24-4/h5-6,9,11H,7-8H2,1-4H3,(H2,18,20,23). The molecule has 2 heterocycles. The van der Waals surface area contributed by atoms with Gasteiger partial charge in [-0.2, -0.15) is 0 Å². The normalized spacial score (nSPS) is 16.3. The van der Waals surface area contributed by atoms with Crippen LogP contribution in [0.1, 0.15) is 44.9 Å². The Bertz CT molecular complexity index is 722. The van der Waals surface area contributed by atoms with Crippen molar-refractivity contribution in [2.75, 3.05) is 7.11 Å². The molecule has 9 nitrogen and oxygen atoms in total. The Morgan fingerprint density at radius 3 is 2.69 bits per heavy atom. The van der Waals surface area contributed by atoms with E-state index in [-0.39, 0.29) is 30.0 Å². The Kier molecular flexibility index (Phi) is 5.91. The molecule has 0 aromatic carbocycles. The van der Waals surface area contributed by atoms with Crippen LogP contribution in [0.25, 0.3) is 0 Å². The van der Waals surface area contributed by atoms with E-state index in [9.17, 15) is 9.59 Å². The van der Waals surface area contributed by atoms with E-state index in [1.807, 2.05) is 0 Å². The van der Waals surface area contributed by atoms with Gasteiger partial charge in [0, 0.05) is 18.2 Å². The van der Waals surface area contributed by atoms with E-state index in [1.165, 1.54) is 13.3 Å². The lowest BCUT2D eigenvalue weighted by atomic mass is 10.0. The van der Waals surface area contributed by atoms with Gasteiger partial charge in [-0.15, -0.1) is 0 Å². The maximum atomic E-state index is 11.7. The van der Waals surface area contributed by atoms with Gasteiger partial charge in [0.05, 0.1) is 19.2 Å². The predicted octanol–water partition coefficient (Wildman–Crippen LogP) is 1.99. The van der Waals surface area contributed by atoms with Gasteiger partial charge in [-0.25, -0.2) is 4.79 Å². The average Bonchev–Trinajstić information content (AvgIpc) is 3.01. The van der Waals surface area contributed by atoms with E-state index >= 15 is 0 Å². The first-order valence-corrected chi connectivity index (χ1v) is 8.03. The maximum absolute atomic E-state index is 11.7. The third-order valence-corrected chi connectivity index (χ3v) is 3.33. The highest BCUT2D eigenvalue weighted by Crippen LogP contribution is 2.19. The third kappa shape index (κ3) is 5.54. The fourth-order valence-electron chi connectivity index (χ4n) is 2.16. The quantitative estimate of drug-likeness (QED) is 0.480. The zero-order valence-electron chi connectivity index (χ0n) is 15.2. The number of oxime groups is 1. The van der Waals surface area contributed by atoms with Crippen LogP contribution >= 0.6 is 0 Å². The summed E-state index contributed by atoms with van der Waals surface area (Å²) in [5.74, 6) is -0.527. The van der Waals surface area contributed by atoms with Crippen LogP contribution in [0.2, 0.25) is 0 Å². The summed E-state index contributed by atoms with van der Waals surface area (Å²) >= 11 is 0. The first kappa shape index (κ1) is 19.4. The Hall–Kier alpha value is -2.97. The van der Waals surface area contributed by atoms with Crippen LogP contribution in [-0.2, 0) is 19.1 Å². The molecule has 2 rings (SSSR count). The second-order valence-electron chi connectivity index (χ2n) is 6.68. The minimum atomic E-state index is -0.715. The molecule has 0 saturated heterocycles. The molecule has 1 aliphatic heterocycles. The number of alkyl carbamates (subject to hydrolysis) is 1. The maximum Gasteiger partial charge on any atom is 0.413 e. The number of ether oxygens (including phenoxy) is 2. The van der Waals surface area contributed by atoms with Gasteiger partial charge in [-0.3, -0.25) is 20.5 Å². The highest BCUT2D eigenvalue weighted by Gasteiger charge is 2.25. The number of amidine groups is 1. The molecule has 1 unspecified atom stereocenters. The molecule has 1 amide bonds. The number of carbonyl (C=O) groups is 2. The number of carbonyl (C=O) groups excluding carboxylic acids is 2. The fourth-order valence-corrected chi connectivity index (χ4v) is 2.16. The second-order valence-corrected chi connectivity index (χ2v) is 6.68. The number of nitrogens with one attached hydrogen (secondary N) is 2. The van der Waals surface area contributed by atoms with Gasteiger partial charge in [-0.1, -0.05) is 5.16 Å². The summed E-state index contributed by atoms with van der Waals surface area (Å²) in [7, 11) is 1.32. The van der Waals surface area contributed by atoms with Gasteiger partial charge in [0.1, 0.15) is 17.4 Å². The number of methoxy groups -OCH3 is 1. The largest absolute Gasteiger partial charge is 0.469 e. The van der Waals surface area contributed by atoms with Gasteiger partial charge in [-0.05, 0) is 32.9 Å². The minimum Gasteiger partial charge on any atom is -0.469 e. The van der Waals surface area contributed by atoms with Crippen molar-refractivity contribution in [3.05, 3.63) is 29.6 Å². The topological polar surface area (TPSA) is 123 Å². The lowest BCUT2D eigenvalue weighted by Gasteiger charge is -2.19. The van der Waals surface area contributed by atoms with Crippen LogP contribution in [-0.4, -0.2) is 47.4 Å². The number of nitrogens with zero attached hydrogens (tertiary/aromatic N) is 2. The van der Waals surface area contributed by atoms with Crippen LogP contribution < -0.4 is 5.32 Å². The zero-order chi connectivity index (χ0) is 19.3. The molecule has 0 saturated carbocycles. The summed E-state index contributed by atoms with van der Waals surface area (Å²) < 4.78 is 9.70. The first-order chi connectivity index (χ1) is 12.2. The van der Waals surface area contributed by atoms with Gasteiger partial charge in [0.25, 0.3) is 0 Å². The van der Waals surface area contributed by atoms with E-state index in [0.29, 0.717) is 17.7 Å². The van der Waals surface area contributed by atoms with E-state index in [0.717, 1.165) is 0 Å². The Morgan fingerprint density at radius 1 is 1.38 bits per heavy atom. The zero-order valence-corrected chi connectivity index (χ0v) is 15.2. The Labute approximate surface area is 151 Å². The molecule has 0 fully saturated rings. The summed E-state index contributed by atoms with van der Waals surface area (Å²) in [4.78, 5) is 32.3. The Balaban J connectivity index is 1.93. The molecule has 1 aromatic heterocycles. The number of pyridine rings is 1. The summed E-state index contributed by atoms with van der Waals surface area (Å²) in [6.45, 7) is 5.21. The van der Waals surface area contributed by atoms with Crippen LogP contribution in [0.4, 0.5) is 4.79 Å². The van der Waals surface area contributed by atoms with Crippen molar-refractivity contribution in [3.63, 3.8) is 0 Å². The molecule has 140 valence electrons. The molecule has 26 heavy (non-hydrogen) atoms. The van der Waals surface area contributed by atoms with Gasteiger partial charge >= 0.3 is 12.1 Å². The molecule has 1 aliphatic rings. The van der Waals surface area contributed by atoms with Crippen molar-refractivity contribution in [1.29, 1.82) is 5.41 Å². The molecule has 0 spiro atoms. The Morgan fingerprint density at radius 2 is 2.12 bits per heavy atom. The summed E-state index contributed by atoms with van der Waals surface area (Å²) in [5.41, 5.74) is 1.00. The average molecular weight is 362 g/mol. The van der Waals surface area contributed by atoms with Gasteiger partial charge < -0.3 is 14.3 Å². The highest BCUT2D eigenvalue weighted by molar-refractivity contribution is 6.04. The number of amides is 1. The lowest BCUT2D eigenvalue weighted by Crippen LogP contribution is -2.36. The van der Waals surface area contributed by atoms with Crippen LogP contribution in [0.5, 0.6) is 0 Å². The first-order valence-electron chi connectivity index (χ1n) is 8.03. The van der Waals surface area contributed by atoms with Gasteiger partial charge in [0.2, 0.25) is 0 Å².